The lowest BCUT2D eigenvalue weighted by Gasteiger charge is -2.20. The number of carbonyl (C=O) groups is 1. The molecule has 136 valence electrons. The quantitative estimate of drug-likeness (QED) is 0.725. The highest BCUT2D eigenvalue weighted by atomic mass is 16.2. The van der Waals surface area contributed by atoms with Crippen molar-refractivity contribution >= 4 is 16.8 Å². The fourth-order valence-electron chi connectivity index (χ4n) is 4.01. The van der Waals surface area contributed by atoms with E-state index in [2.05, 4.69) is 40.0 Å². The third kappa shape index (κ3) is 3.00. The van der Waals surface area contributed by atoms with Gasteiger partial charge >= 0.3 is 0 Å². The third-order valence-corrected chi connectivity index (χ3v) is 5.30. The van der Waals surface area contributed by atoms with Crippen LogP contribution in [0.25, 0.3) is 10.9 Å². The number of likely N-dealkylation sites (tertiary alicyclic amines) is 1. The standard InChI is InChI=1S/C20H25N5O/c1-14-10-15(2)24(22-14)16(3)11-20(26)23-9-8-18(13-23)25-19-7-5-4-6-17(19)12-21-25/h4-7,10,12,16,18H,8-9,11,13H2,1-3H3. The minimum Gasteiger partial charge on any atom is -0.340 e. The van der Waals surface area contributed by atoms with Gasteiger partial charge in [-0.2, -0.15) is 10.2 Å². The van der Waals surface area contributed by atoms with Gasteiger partial charge in [0.05, 0.1) is 29.5 Å². The van der Waals surface area contributed by atoms with Crippen molar-refractivity contribution in [2.24, 2.45) is 0 Å². The number of aryl methyl sites for hydroxylation is 2. The van der Waals surface area contributed by atoms with Gasteiger partial charge in [0.1, 0.15) is 0 Å². The normalized spacial score (nSPS) is 18.6. The molecule has 0 saturated carbocycles. The van der Waals surface area contributed by atoms with Gasteiger partial charge in [0.2, 0.25) is 5.91 Å². The summed E-state index contributed by atoms with van der Waals surface area (Å²) in [5, 5.41) is 10.2. The first-order valence-corrected chi connectivity index (χ1v) is 9.25. The summed E-state index contributed by atoms with van der Waals surface area (Å²) in [6.07, 6.45) is 3.34. The number of carbonyl (C=O) groups excluding carboxylic acids is 1. The maximum Gasteiger partial charge on any atom is 0.224 e. The van der Waals surface area contributed by atoms with Crippen molar-refractivity contribution in [2.45, 2.75) is 45.7 Å². The van der Waals surface area contributed by atoms with E-state index in [0.717, 1.165) is 41.8 Å². The van der Waals surface area contributed by atoms with Crippen molar-refractivity contribution in [1.29, 1.82) is 0 Å². The SMILES string of the molecule is Cc1cc(C)n(C(C)CC(=O)N2CCC(n3ncc4ccccc43)C2)n1. The number of rotatable bonds is 4. The van der Waals surface area contributed by atoms with Gasteiger partial charge < -0.3 is 4.90 Å². The van der Waals surface area contributed by atoms with Crippen LogP contribution in [0.15, 0.2) is 36.5 Å². The van der Waals surface area contributed by atoms with Crippen LogP contribution >= 0.6 is 0 Å². The Hall–Kier alpha value is -2.63. The largest absolute Gasteiger partial charge is 0.340 e. The van der Waals surface area contributed by atoms with Gasteiger partial charge in [-0.25, -0.2) is 0 Å². The average molecular weight is 351 g/mol. The van der Waals surface area contributed by atoms with Crippen LogP contribution in [0.2, 0.25) is 0 Å². The molecule has 1 aliphatic rings. The Labute approximate surface area is 153 Å². The molecule has 0 N–H and O–H groups in total. The lowest BCUT2D eigenvalue weighted by molar-refractivity contribution is -0.131. The Bertz CT molecular complexity index is 941. The highest BCUT2D eigenvalue weighted by molar-refractivity contribution is 5.79. The van der Waals surface area contributed by atoms with E-state index in [9.17, 15) is 4.79 Å². The molecule has 2 atom stereocenters. The van der Waals surface area contributed by atoms with E-state index in [-0.39, 0.29) is 18.0 Å². The lowest BCUT2D eigenvalue weighted by Crippen LogP contribution is -2.31. The lowest BCUT2D eigenvalue weighted by atomic mass is 10.2. The molecule has 2 aromatic heterocycles. The maximum atomic E-state index is 12.8. The van der Waals surface area contributed by atoms with Crippen LogP contribution in [0.5, 0.6) is 0 Å². The molecule has 0 radical (unpaired) electrons. The predicted molar refractivity (Wildman–Crippen MR) is 101 cm³/mol. The van der Waals surface area contributed by atoms with Gasteiger partial charge in [-0.3, -0.25) is 14.2 Å². The number of hydrogen-bond donors (Lipinski definition) is 0. The minimum absolute atomic E-state index is 0.0702. The molecule has 1 aliphatic heterocycles. The monoisotopic (exact) mass is 351 g/mol. The van der Waals surface area contributed by atoms with E-state index in [1.807, 2.05) is 41.8 Å². The first-order chi connectivity index (χ1) is 12.5. The van der Waals surface area contributed by atoms with E-state index in [4.69, 9.17) is 0 Å². The maximum absolute atomic E-state index is 12.8. The number of hydrogen-bond acceptors (Lipinski definition) is 3. The van der Waals surface area contributed by atoms with Gasteiger partial charge in [0.15, 0.2) is 0 Å². The zero-order valence-corrected chi connectivity index (χ0v) is 15.6. The second-order valence-corrected chi connectivity index (χ2v) is 7.36. The minimum atomic E-state index is 0.0702. The second kappa shape index (κ2) is 6.59. The van der Waals surface area contributed by atoms with E-state index >= 15 is 0 Å². The van der Waals surface area contributed by atoms with Crippen molar-refractivity contribution in [3.05, 3.63) is 47.9 Å². The van der Waals surface area contributed by atoms with Crippen molar-refractivity contribution in [3.63, 3.8) is 0 Å². The highest BCUT2D eigenvalue weighted by Crippen LogP contribution is 2.27. The van der Waals surface area contributed by atoms with Gasteiger partial charge in [0, 0.05) is 30.6 Å². The molecular formula is C20H25N5O. The zero-order chi connectivity index (χ0) is 18.3. The first-order valence-electron chi connectivity index (χ1n) is 9.25. The molecule has 26 heavy (non-hydrogen) atoms. The van der Waals surface area contributed by atoms with Crippen LogP contribution in [0.4, 0.5) is 0 Å². The number of nitrogens with zero attached hydrogens (tertiary/aromatic N) is 5. The molecule has 0 bridgehead atoms. The number of aromatic nitrogens is 4. The predicted octanol–water partition coefficient (Wildman–Crippen LogP) is 3.27. The molecule has 0 aliphatic carbocycles. The summed E-state index contributed by atoms with van der Waals surface area (Å²) in [6, 6.07) is 10.6. The Morgan fingerprint density at radius 1 is 1.31 bits per heavy atom. The number of fused-ring (bicyclic) bond motifs is 1. The molecule has 1 amide bonds. The van der Waals surface area contributed by atoms with Crippen LogP contribution in [-0.4, -0.2) is 43.5 Å². The third-order valence-electron chi connectivity index (χ3n) is 5.30. The molecule has 3 heterocycles. The van der Waals surface area contributed by atoms with Crippen LogP contribution in [0.1, 0.15) is 43.2 Å². The smallest absolute Gasteiger partial charge is 0.224 e. The van der Waals surface area contributed by atoms with Gasteiger partial charge in [-0.1, -0.05) is 18.2 Å². The van der Waals surface area contributed by atoms with Gasteiger partial charge in [-0.15, -0.1) is 0 Å². The van der Waals surface area contributed by atoms with Gasteiger partial charge in [-0.05, 0) is 39.3 Å². The van der Waals surface area contributed by atoms with E-state index < -0.39 is 0 Å². The molecule has 0 spiro atoms. The van der Waals surface area contributed by atoms with Crippen LogP contribution in [-0.2, 0) is 4.79 Å². The molecule has 6 nitrogen and oxygen atoms in total. The highest BCUT2D eigenvalue weighted by Gasteiger charge is 2.29. The number of para-hydroxylation sites is 1. The molecule has 1 fully saturated rings. The van der Waals surface area contributed by atoms with E-state index in [1.54, 1.807) is 0 Å². The molecule has 3 aromatic rings. The molecule has 1 saturated heterocycles. The van der Waals surface area contributed by atoms with Crippen LogP contribution < -0.4 is 0 Å². The first kappa shape index (κ1) is 16.8. The fraction of sp³-hybridized carbons (Fsp3) is 0.450. The second-order valence-electron chi connectivity index (χ2n) is 7.36. The zero-order valence-electron chi connectivity index (χ0n) is 15.6. The Balaban J connectivity index is 1.43. The Morgan fingerprint density at radius 3 is 2.88 bits per heavy atom. The average Bonchev–Trinajstić information content (AvgIpc) is 3.32. The number of amides is 1. The Kier molecular flexibility index (Phi) is 4.26. The summed E-state index contributed by atoms with van der Waals surface area (Å²) in [5.41, 5.74) is 3.24. The summed E-state index contributed by atoms with van der Waals surface area (Å²) >= 11 is 0. The summed E-state index contributed by atoms with van der Waals surface area (Å²) < 4.78 is 4.04. The summed E-state index contributed by atoms with van der Waals surface area (Å²) in [5.74, 6) is 0.198. The summed E-state index contributed by atoms with van der Waals surface area (Å²) in [7, 11) is 0. The van der Waals surface area contributed by atoms with E-state index in [1.165, 1.54) is 0 Å². The van der Waals surface area contributed by atoms with Crippen molar-refractivity contribution < 1.29 is 4.79 Å². The molecule has 4 rings (SSSR count). The summed E-state index contributed by atoms with van der Waals surface area (Å²) in [4.78, 5) is 14.8. The molecule has 6 heteroatoms. The summed E-state index contributed by atoms with van der Waals surface area (Å²) in [6.45, 7) is 7.61. The van der Waals surface area contributed by atoms with Crippen LogP contribution in [0, 0.1) is 13.8 Å². The molecule has 1 aromatic carbocycles. The van der Waals surface area contributed by atoms with Crippen molar-refractivity contribution in [3.8, 4) is 0 Å². The fourth-order valence-corrected chi connectivity index (χ4v) is 4.01. The van der Waals surface area contributed by atoms with Crippen molar-refractivity contribution in [2.75, 3.05) is 13.1 Å². The molecular weight excluding hydrogens is 326 g/mol. The molecule has 2 unspecified atom stereocenters. The van der Waals surface area contributed by atoms with Crippen molar-refractivity contribution in [1.82, 2.24) is 24.5 Å². The topological polar surface area (TPSA) is 56.0 Å². The van der Waals surface area contributed by atoms with E-state index in [0.29, 0.717) is 6.42 Å². The number of benzene rings is 1. The Morgan fingerprint density at radius 2 is 2.12 bits per heavy atom. The van der Waals surface area contributed by atoms with Crippen LogP contribution in [0.3, 0.4) is 0 Å². The van der Waals surface area contributed by atoms with Gasteiger partial charge in [0.25, 0.3) is 0 Å².